The molecular formula is C21H22N6O3S2. The largest absolute Gasteiger partial charge is 0.341 e. The number of piperazine rings is 1. The minimum atomic E-state index is -0.288. The van der Waals surface area contributed by atoms with E-state index in [1.54, 1.807) is 34.7 Å². The molecule has 0 unspecified atom stereocenters. The van der Waals surface area contributed by atoms with Crippen molar-refractivity contribution in [3.63, 3.8) is 0 Å². The van der Waals surface area contributed by atoms with Crippen LogP contribution in [0, 0.1) is 0 Å². The number of thioether (sulfide) groups is 1. The quantitative estimate of drug-likeness (QED) is 0.536. The minimum Gasteiger partial charge on any atom is -0.341 e. The fourth-order valence-electron chi connectivity index (χ4n) is 3.28. The van der Waals surface area contributed by atoms with Gasteiger partial charge in [-0.25, -0.2) is 9.97 Å². The van der Waals surface area contributed by atoms with Crippen LogP contribution >= 0.6 is 23.1 Å². The van der Waals surface area contributed by atoms with E-state index in [1.165, 1.54) is 23.9 Å². The summed E-state index contributed by atoms with van der Waals surface area (Å²) in [5, 5.41) is 3.26. The van der Waals surface area contributed by atoms with Gasteiger partial charge in [0.25, 0.3) is 11.8 Å². The van der Waals surface area contributed by atoms with Gasteiger partial charge >= 0.3 is 0 Å². The average Bonchev–Trinajstić information content (AvgIpc) is 3.50. The second kappa shape index (κ2) is 9.96. The highest BCUT2D eigenvalue weighted by Crippen LogP contribution is 2.31. The first-order chi connectivity index (χ1) is 15.5. The fourth-order valence-corrected chi connectivity index (χ4v) is 5.09. The van der Waals surface area contributed by atoms with Crippen molar-refractivity contribution in [3.8, 4) is 0 Å². The number of anilines is 1. The number of rotatable bonds is 6. The van der Waals surface area contributed by atoms with Crippen molar-refractivity contribution in [2.75, 3.05) is 31.5 Å². The predicted molar refractivity (Wildman–Crippen MR) is 123 cm³/mol. The summed E-state index contributed by atoms with van der Waals surface area (Å²) in [6.07, 6.45) is 4.63. The normalized spacial score (nSPS) is 13.8. The Hall–Kier alpha value is -3.18. The molecule has 0 aliphatic carbocycles. The molecule has 11 heteroatoms. The Labute approximate surface area is 193 Å². The molecule has 0 saturated carbocycles. The van der Waals surface area contributed by atoms with Gasteiger partial charge in [-0.05, 0) is 17.7 Å². The van der Waals surface area contributed by atoms with Gasteiger partial charge < -0.3 is 14.8 Å². The number of nitrogens with zero attached hydrogens (tertiary/aromatic N) is 4. The molecule has 0 radical (unpaired) electrons. The zero-order valence-electron chi connectivity index (χ0n) is 17.4. The molecule has 3 amide bonds. The van der Waals surface area contributed by atoms with Crippen LogP contribution in [-0.2, 0) is 10.5 Å². The molecule has 3 heterocycles. The van der Waals surface area contributed by atoms with Crippen molar-refractivity contribution >= 4 is 46.0 Å². The Kier molecular flexibility index (Phi) is 6.86. The van der Waals surface area contributed by atoms with E-state index in [1.807, 2.05) is 24.3 Å². The Bertz CT molecular complexity index is 1110. The number of hydrogen-bond donors (Lipinski definition) is 2. The maximum atomic E-state index is 12.9. The van der Waals surface area contributed by atoms with Crippen LogP contribution in [-0.4, -0.2) is 68.7 Å². The summed E-state index contributed by atoms with van der Waals surface area (Å²) in [6, 6.07) is 7.61. The minimum absolute atomic E-state index is 0.0124. The first-order valence-electron chi connectivity index (χ1n) is 10.0. The van der Waals surface area contributed by atoms with E-state index in [0.29, 0.717) is 48.3 Å². The van der Waals surface area contributed by atoms with E-state index in [4.69, 9.17) is 0 Å². The number of amides is 3. The molecule has 3 aromatic rings. The van der Waals surface area contributed by atoms with Crippen molar-refractivity contribution < 1.29 is 14.4 Å². The van der Waals surface area contributed by atoms with Crippen LogP contribution in [0.15, 0.2) is 47.2 Å². The van der Waals surface area contributed by atoms with Crippen molar-refractivity contribution in [2.45, 2.75) is 16.9 Å². The third kappa shape index (κ3) is 5.35. The third-order valence-corrected chi connectivity index (χ3v) is 7.19. The summed E-state index contributed by atoms with van der Waals surface area (Å²) in [4.78, 5) is 50.8. The fraction of sp³-hybridized carbons (Fsp3) is 0.286. The lowest BCUT2D eigenvalue weighted by Crippen LogP contribution is -2.50. The average molecular weight is 471 g/mol. The van der Waals surface area contributed by atoms with Crippen LogP contribution in [0.5, 0.6) is 0 Å². The second-order valence-corrected chi connectivity index (χ2v) is 9.50. The molecule has 166 valence electrons. The highest BCUT2D eigenvalue weighted by molar-refractivity contribution is 8.00. The number of nitrogens with one attached hydrogen (secondary N) is 2. The lowest BCUT2D eigenvalue weighted by molar-refractivity contribution is -0.130. The summed E-state index contributed by atoms with van der Waals surface area (Å²) >= 11 is 2.99. The van der Waals surface area contributed by atoms with Crippen LogP contribution in [0.2, 0.25) is 0 Å². The third-order valence-electron chi connectivity index (χ3n) is 5.02. The standard InChI is InChI=1S/C21H22N6O3S2/c1-14(28)26-5-7-27(8-6-26)20(30)16-4-2-3-15(9-16)12-31-18-11-23-21(32-18)25-19(29)17-10-22-13-24-17/h2-4,9-11,13H,5-8,12H2,1H3,(H,22,24)(H,23,25,29). The first-order valence-corrected chi connectivity index (χ1v) is 11.8. The van der Waals surface area contributed by atoms with Gasteiger partial charge in [-0.1, -0.05) is 23.5 Å². The molecular weight excluding hydrogens is 448 g/mol. The smallest absolute Gasteiger partial charge is 0.275 e. The van der Waals surface area contributed by atoms with Gasteiger partial charge in [0.1, 0.15) is 5.69 Å². The summed E-state index contributed by atoms with van der Waals surface area (Å²) < 4.78 is 0.960. The summed E-state index contributed by atoms with van der Waals surface area (Å²) in [7, 11) is 0. The molecule has 4 rings (SSSR count). The molecule has 1 saturated heterocycles. The monoisotopic (exact) mass is 470 g/mol. The molecule has 1 fully saturated rings. The number of aromatic amines is 1. The van der Waals surface area contributed by atoms with Gasteiger partial charge in [-0.3, -0.25) is 19.7 Å². The predicted octanol–water partition coefficient (Wildman–Crippen LogP) is 2.72. The van der Waals surface area contributed by atoms with Crippen LogP contribution in [0.3, 0.4) is 0 Å². The van der Waals surface area contributed by atoms with E-state index >= 15 is 0 Å². The van der Waals surface area contributed by atoms with Crippen LogP contribution < -0.4 is 5.32 Å². The topological polar surface area (TPSA) is 111 Å². The van der Waals surface area contributed by atoms with Crippen molar-refractivity contribution in [1.29, 1.82) is 0 Å². The van der Waals surface area contributed by atoms with Crippen LogP contribution in [0.25, 0.3) is 0 Å². The molecule has 9 nitrogen and oxygen atoms in total. The van der Waals surface area contributed by atoms with Gasteiger partial charge in [0, 0.05) is 44.4 Å². The second-order valence-electron chi connectivity index (χ2n) is 7.19. The molecule has 0 bridgehead atoms. The Balaban J connectivity index is 1.32. The zero-order chi connectivity index (χ0) is 22.5. The SMILES string of the molecule is CC(=O)N1CCN(C(=O)c2cccc(CSc3cnc(NC(=O)c4cnc[nH]4)s3)c2)CC1. The zero-order valence-corrected chi connectivity index (χ0v) is 19.0. The number of carbonyl (C=O) groups is 3. The van der Waals surface area contributed by atoms with Gasteiger partial charge in [-0.15, -0.1) is 11.8 Å². The number of carbonyl (C=O) groups excluding carboxylic acids is 3. The van der Waals surface area contributed by atoms with E-state index in [2.05, 4.69) is 20.3 Å². The maximum absolute atomic E-state index is 12.9. The van der Waals surface area contributed by atoms with Crippen LogP contribution in [0.1, 0.15) is 33.3 Å². The number of benzene rings is 1. The van der Waals surface area contributed by atoms with Gasteiger partial charge in [-0.2, -0.15) is 0 Å². The van der Waals surface area contributed by atoms with E-state index in [0.717, 1.165) is 9.77 Å². The van der Waals surface area contributed by atoms with E-state index in [-0.39, 0.29) is 17.7 Å². The van der Waals surface area contributed by atoms with Crippen LogP contribution in [0.4, 0.5) is 5.13 Å². The number of hydrogen-bond acceptors (Lipinski definition) is 7. The Morgan fingerprint density at radius 3 is 2.66 bits per heavy atom. The van der Waals surface area contributed by atoms with Crippen molar-refractivity contribution in [3.05, 3.63) is 59.8 Å². The van der Waals surface area contributed by atoms with Gasteiger partial charge in [0.2, 0.25) is 5.91 Å². The van der Waals surface area contributed by atoms with Gasteiger partial charge in [0.05, 0.1) is 22.9 Å². The summed E-state index contributed by atoms with van der Waals surface area (Å²) in [5.41, 5.74) is 2.05. The summed E-state index contributed by atoms with van der Waals surface area (Å²) in [5.74, 6) is 0.420. The molecule has 1 aliphatic heterocycles. The Morgan fingerprint density at radius 2 is 1.94 bits per heavy atom. The van der Waals surface area contributed by atoms with Crippen molar-refractivity contribution in [2.24, 2.45) is 0 Å². The van der Waals surface area contributed by atoms with Crippen molar-refractivity contribution in [1.82, 2.24) is 24.8 Å². The molecule has 32 heavy (non-hydrogen) atoms. The summed E-state index contributed by atoms with van der Waals surface area (Å²) in [6.45, 7) is 3.79. The highest BCUT2D eigenvalue weighted by Gasteiger charge is 2.23. The molecule has 0 spiro atoms. The van der Waals surface area contributed by atoms with Gasteiger partial charge in [0.15, 0.2) is 5.13 Å². The molecule has 1 aromatic carbocycles. The lowest BCUT2D eigenvalue weighted by atomic mass is 10.1. The molecule has 1 aliphatic rings. The number of imidazole rings is 1. The lowest BCUT2D eigenvalue weighted by Gasteiger charge is -2.34. The Morgan fingerprint density at radius 1 is 1.16 bits per heavy atom. The molecule has 2 aromatic heterocycles. The molecule has 2 N–H and O–H groups in total. The molecule has 0 atom stereocenters. The first kappa shape index (κ1) is 22.0. The maximum Gasteiger partial charge on any atom is 0.275 e. The van der Waals surface area contributed by atoms with E-state index < -0.39 is 0 Å². The number of aromatic nitrogens is 3. The highest BCUT2D eigenvalue weighted by atomic mass is 32.2. The van der Waals surface area contributed by atoms with E-state index in [9.17, 15) is 14.4 Å². The number of thiazole rings is 1. The number of H-pyrrole nitrogens is 1.